The fourth-order valence-corrected chi connectivity index (χ4v) is 3.13. The van der Waals surface area contributed by atoms with Gasteiger partial charge in [-0.15, -0.1) is 10.2 Å². The fraction of sp³-hybridized carbons (Fsp3) is 0.154. The number of hydrogen-bond donors (Lipinski definition) is 1. The van der Waals surface area contributed by atoms with Crippen molar-refractivity contribution >= 4 is 33.5 Å². The first kappa shape index (κ1) is 17.1. The number of hydrogen-bond acceptors (Lipinski definition) is 9. The standard InChI is InChI=1S/C13H12N6O4S2/c1-19(2)25(21,22)9-5-3-8(4-6-9)11(20)14-13-17-16-12(23-13)10-7-24-18-15-10/h3-7H,1-2H3,(H,14,17,20). The predicted octanol–water partition coefficient (Wildman–Crippen LogP) is 1.09. The maximum absolute atomic E-state index is 12.2. The molecule has 0 bridgehead atoms. The first-order valence-electron chi connectivity index (χ1n) is 6.83. The number of sulfonamides is 1. The van der Waals surface area contributed by atoms with Gasteiger partial charge in [0.1, 0.15) is 0 Å². The third kappa shape index (κ3) is 3.55. The number of anilines is 1. The van der Waals surface area contributed by atoms with E-state index in [9.17, 15) is 13.2 Å². The lowest BCUT2D eigenvalue weighted by Crippen LogP contribution is -2.22. The van der Waals surface area contributed by atoms with Gasteiger partial charge in [-0.25, -0.2) is 12.7 Å². The predicted molar refractivity (Wildman–Crippen MR) is 88.5 cm³/mol. The quantitative estimate of drug-likeness (QED) is 0.696. The van der Waals surface area contributed by atoms with Crippen molar-refractivity contribution in [2.45, 2.75) is 4.90 Å². The molecule has 0 spiro atoms. The first-order valence-corrected chi connectivity index (χ1v) is 9.10. The third-order valence-corrected chi connectivity index (χ3v) is 5.45. The molecule has 130 valence electrons. The SMILES string of the molecule is CN(C)S(=O)(=O)c1ccc(C(=O)Nc2nnc(-c3csnn3)o2)cc1. The van der Waals surface area contributed by atoms with Crippen molar-refractivity contribution < 1.29 is 17.6 Å². The summed E-state index contributed by atoms with van der Waals surface area (Å²) in [6.45, 7) is 0. The molecule has 0 fully saturated rings. The molecule has 25 heavy (non-hydrogen) atoms. The summed E-state index contributed by atoms with van der Waals surface area (Å²) in [6, 6.07) is 5.40. The molecule has 0 saturated carbocycles. The Labute approximate surface area is 146 Å². The molecule has 1 N–H and O–H groups in total. The van der Waals surface area contributed by atoms with Gasteiger partial charge in [0.05, 0.1) is 4.90 Å². The van der Waals surface area contributed by atoms with Crippen LogP contribution >= 0.6 is 11.5 Å². The van der Waals surface area contributed by atoms with E-state index in [1.54, 1.807) is 5.38 Å². The average Bonchev–Trinajstić information content (AvgIpc) is 3.26. The minimum Gasteiger partial charge on any atom is -0.401 e. The summed E-state index contributed by atoms with van der Waals surface area (Å²) in [4.78, 5) is 12.3. The van der Waals surface area contributed by atoms with E-state index in [0.717, 1.165) is 15.8 Å². The van der Waals surface area contributed by atoms with Crippen molar-refractivity contribution in [3.8, 4) is 11.6 Å². The number of amides is 1. The number of nitrogens with zero attached hydrogens (tertiary/aromatic N) is 5. The van der Waals surface area contributed by atoms with Gasteiger partial charge in [0.15, 0.2) is 5.69 Å². The maximum Gasteiger partial charge on any atom is 0.322 e. The average molecular weight is 380 g/mol. The number of carbonyl (C=O) groups is 1. The van der Waals surface area contributed by atoms with Crippen molar-refractivity contribution in [2.24, 2.45) is 0 Å². The second-order valence-corrected chi connectivity index (χ2v) is 7.73. The van der Waals surface area contributed by atoms with Crippen LogP contribution < -0.4 is 5.32 Å². The van der Waals surface area contributed by atoms with E-state index in [0.29, 0.717) is 5.69 Å². The monoisotopic (exact) mass is 380 g/mol. The molecule has 3 aromatic rings. The third-order valence-electron chi connectivity index (χ3n) is 3.12. The van der Waals surface area contributed by atoms with Crippen LogP contribution in [0.2, 0.25) is 0 Å². The second-order valence-electron chi connectivity index (χ2n) is 4.97. The Morgan fingerprint density at radius 2 is 1.88 bits per heavy atom. The number of rotatable bonds is 5. The van der Waals surface area contributed by atoms with Gasteiger partial charge in [0.25, 0.3) is 11.8 Å². The molecule has 1 amide bonds. The van der Waals surface area contributed by atoms with Gasteiger partial charge in [0.2, 0.25) is 10.0 Å². The number of nitrogens with one attached hydrogen (secondary N) is 1. The van der Waals surface area contributed by atoms with Crippen LogP contribution in [0.25, 0.3) is 11.6 Å². The highest BCUT2D eigenvalue weighted by Crippen LogP contribution is 2.19. The van der Waals surface area contributed by atoms with E-state index in [2.05, 4.69) is 25.1 Å². The molecule has 10 nitrogen and oxygen atoms in total. The summed E-state index contributed by atoms with van der Waals surface area (Å²) in [5.41, 5.74) is 0.657. The van der Waals surface area contributed by atoms with Crippen LogP contribution in [0.4, 0.5) is 6.01 Å². The van der Waals surface area contributed by atoms with Crippen LogP contribution in [0, 0.1) is 0 Å². The van der Waals surface area contributed by atoms with Crippen molar-refractivity contribution in [1.82, 2.24) is 24.1 Å². The van der Waals surface area contributed by atoms with Crippen molar-refractivity contribution in [3.63, 3.8) is 0 Å². The van der Waals surface area contributed by atoms with Crippen LogP contribution in [0.3, 0.4) is 0 Å². The van der Waals surface area contributed by atoms with Gasteiger partial charge in [-0.3, -0.25) is 10.1 Å². The van der Waals surface area contributed by atoms with E-state index < -0.39 is 15.9 Å². The van der Waals surface area contributed by atoms with Gasteiger partial charge in [-0.2, -0.15) is 0 Å². The van der Waals surface area contributed by atoms with Crippen molar-refractivity contribution in [1.29, 1.82) is 0 Å². The summed E-state index contributed by atoms with van der Waals surface area (Å²) >= 11 is 1.13. The molecular formula is C13H12N6O4S2. The maximum atomic E-state index is 12.2. The van der Waals surface area contributed by atoms with Gasteiger partial charge in [-0.05, 0) is 35.8 Å². The molecule has 2 aromatic heterocycles. The van der Waals surface area contributed by atoms with Crippen LogP contribution in [-0.4, -0.2) is 52.5 Å². The summed E-state index contributed by atoms with van der Waals surface area (Å²) < 4.78 is 34.1. The molecular weight excluding hydrogens is 368 g/mol. The van der Waals surface area contributed by atoms with Crippen molar-refractivity contribution in [2.75, 3.05) is 19.4 Å². The number of benzene rings is 1. The summed E-state index contributed by atoms with van der Waals surface area (Å²) in [5.74, 6) is -0.378. The highest BCUT2D eigenvalue weighted by molar-refractivity contribution is 7.89. The van der Waals surface area contributed by atoms with E-state index in [1.165, 1.54) is 38.4 Å². The zero-order valence-corrected chi connectivity index (χ0v) is 14.7. The topological polar surface area (TPSA) is 131 Å². The number of carbonyl (C=O) groups excluding carboxylic acids is 1. The van der Waals surface area contributed by atoms with Gasteiger partial charge < -0.3 is 4.42 Å². The van der Waals surface area contributed by atoms with Crippen LogP contribution in [0.15, 0.2) is 39.0 Å². The second kappa shape index (κ2) is 6.66. The van der Waals surface area contributed by atoms with Crippen molar-refractivity contribution in [3.05, 3.63) is 35.2 Å². The van der Waals surface area contributed by atoms with Crippen LogP contribution in [-0.2, 0) is 10.0 Å². The molecule has 3 rings (SSSR count). The Hall–Kier alpha value is -2.70. The van der Waals surface area contributed by atoms with E-state index in [4.69, 9.17) is 4.42 Å². The van der Waals surface area contributed by atoms with Gasteiger partial charge in [0, 0.05) is 25.0 Å². The van der Waals surface area contributed by atoms with E-state index >= 15 is 0 Å². The minimum absolute atomic E-state index is 0.0881. The summed E-state index contributed by atoms with van der Waals surface area (Å²) in [6.07, 6.45) is 0. The molecule has 2 heterocycles. The molecule has 0 aliphatic rings. The molecule has 0 atom stereocenters. The lowest BCUT2D eigenvalue weighted by Gasteiger charge is -2.11. The Morgan fingerprint density at radius 1 is 1.16 bits per heavy atom. The minimum atomic E-state index is -3.55. The van der Waals surface area contributed by atoms with E-state index in [1.807, 2.05) is 0 Å². The molecule has 0 saturated heterocycles. The highest BCUT2D eigenvalue weighted by atomic mass is 32.2. The zero-order valence-electron chi connectivity index (χ0n) is 13.1. The normalized spacial score (nSPS) is 11.6. The Morgan fingerprint density at radius 3 is 2.48 bits per heavy atom. The molecule has 1 aromatic carbocycles. The summed E-state index contributed by atoms with van der Waals surface area (Å²) in [7, 11) is -0.688. The molecule has 0 radical (unpaired) electrons. The lowest BCUT2D eigenvalue weighted by atomic mass is 10.2. The molecule has 12 heteroatoms. The van der Waals surface area contributed by atoms with E-state index in [-0.39, 0.29) is 22.4 Å². The van der Waals surface area contributed by atoms with Gasteiger partial charge >= 0.3 is 6.01 Å². The van der Waals surface area contributed by atoms with Gasteiger partial charge in [-0.1, -0.05) is 9.59 Å². The summed E-state index contributed by atoms with van der Waals surface area (Å²) in [5, 5.41) is 15.3. The molecule has 0 aliphatic carbocycles. The molecule has 0 aliphatic heterocycles. The largest absolute Gasteiger partial charge is 0.401 e. The Bertz CT molecular complexity index is 980. The number of aromatic nitrogens is 4. The highest BCUT2D eigenvalue weighted by Gasteiger charge is 2.18. The van der Waals surface area contributed by atoms with Crippen LogP contribution in [0.1, 0.15) is 10.4 Å². The fourth-order valence-electron chi connectivity index (χ4n) is 1.79. The zero-order chi connectivity index (χ0) is 18.0. The first-order chi connectivity index (χ1) is 11.9. The Balaban J connectivity index is 1.74. The smallest absolute Gasteiger partial charge is 0.322 e. The van der Waals surface area contributed by atoms with Crippen LogP contribution in [0.5, 0.6) is 0 Å². The lowest BCUT2D eigenvalue weighted by molar-refractivity contribution is 0.102. The Kier molecular flexibility index (Phi) is 4.57. The molecule has 0 unspecified atom stereocenters.